The average molecular weight is 320 g/mol. The highest BCUT2D eigenvalue weighted by Gasteiger charge is 2.33. The number of nitrogens with zero attached hydrogens (tertiary/aromatic N) is 1. The number of carbonyl (C=O) groups excluding carboxylic acids is 1. The topological polar surface area (TPSA) is 62.1 Å². The highest BCUT2D eigenvalue weighted by molar-refractivity contribution is 6.31. The summed E-state index contributed by atoms with van der Waals surface area (Å²) in [5, 5.41) is 1.68. The molecule has 5 heteroatoms. The molecule has 2 atom stereocenters. The zero-order valence-electron chi connectivity index (χ0n) is 13.0. The first-order valence-corrected chi connectivity index (χ1v) is 8.21. The lowest BCUT2D eigenvalue weighted by atomic mass is 9.99. The predicted molar refractivity (Wildman–Crippen MR) is 90.3 cm³/mol. The Morgan fingerprint density at radius 3 is 2.95 bits per heavy atom. The van der Waals surface area contributed by atoms with Gasteiger partial charge in [-0.25, -0.2) is 0 Å². The van der Waals surface area contributed by atoms with Gasteiger partial charge in [0, 0.05) is 35.1 Å². The van der Waals surface area contributed by atoms with Crippen LogP contribution in [0, 0.1) is 12.8 Å². The Labute approximate surface area is 135 Å². The predicted octanol–water partition coefficient (Wildman–Crippen LogP) is 3.33. The van der Waals surface area contributed by atoms with Crippen molar-refractivity contribution in [2.45, 2.75) is 32.7 Å². The van der Waals surface area contributed by atoms with E-state index in [1.807, 2.05) is 30.0 Å². The van der Waals surface area contributed by atoms with Crippen LogP contribution in [0.1, 0.15) is 35.8 Å². The third kappa shape index (κ3) is 2.61. The Balaban J connectivity index is 1.88. The van der Waals surface area contributed by atoms with Gasteiger partial charge < -0.3 is 15.6 Å². The lowest BCUT2D eigenvalue weighted by Gasteiger charge is -2.15. The van der Waals surface area contributed by atoms with Gasteiger partial charge in [-0.15, -0.1) is 0 Å². The lowest BCUT2D eigenvalue weighted by molar-refractivity contribution is 0.0780. The normalized spacial score (nSPS) is 21.7. The number of benzene rings is 1. The molecule has 118 valence electrons. The number of amides is 1. The number of aryl methyl sites for hydroxylation is 1. The number of nitrogens with two attached hydrogens (primary N) is 1. The minimum absolute atomic E-state index is 0.0406. The van der Waals surface area contributed by atoms with Crippen molar-refractivity contribution >= 4 is 28.4 Å². The smallest absolute Gasteiger partial charge is 0.270 e. The average Bonchev–Trinajstić information content (AvgIpc) is 3.01. The lowest BCUT2D eigenvalue weighted by Crippen LogP contribution is -2.32. The molecule has 0 aliphatic carbocycles. The van der Waals surface area contributed by atoms with Gasteiger partial charge in [-0.05, 0) is 43.0 Å². The molecule has 2 heterocycles. The van der Waals surface area contributed by atoms with Gasteiger partial charge in [0.25, 0.3) is 5.91 Å². The van der Waals surface area contributed by atoms with E-state index >= 15 is 0 Å². The first-order chi connectivity index (χ1) is 10.5. The molecule has 4 nitrogen and oxygen atoms in total. The van der Waals surface area contributed by atoms with Crippen LogP contribution in [-0.4, -0.2) is 34.9 Å². The van der Waals surface area contributed by atoms with Crippen LogP contribution in [0.25, 0.3) is 10.9 Å². The molecule has 0 spiro atoms. The Morgan fingerprint density at radius 2 is 2.23 bits per heavy atom. The van der Waals surface area contributed by atoms with Gasteiger partial charge in [0.2, 0.25) is 0 Å². The maximum Gasteiger partial charge on any atom is 0.270 e. The molecule has 1 saturated heterocycles. The fourth-order valence-electron chi connectivity index (χ4n) is 3.41. The van der Waals surface area contributed by atoms with Crippen molar-refractivity contribution in [3.8, 4) is 0 Å². The molecular formula is C17H22ClN3O. The summed E-state index contributed by atoms with van der Waals surface area (Å²) in [7, 11) is 0. The van der Waals surface area contributed by atoms with Crippen molar-refractivity contribution in [1.82, 2.24) is 9.88 Å². The number of hydrogen-bond donors (Lipinski definition) is 2. The third-order valence-corrected chi connectivity index (χ3v) is 4.91. The van der Waals surface area contributed by atoms with E-state index in [-0.39, 0.29) is 11.9 Å². The molecule has 1 aliphatic rings. The van der Waals surface area contributed by atoms with Crippen molar-refractivity contribution in [2.24, 2.45) is 11.7 Å². The number of rotatable bonds is 3. The SMILES string of the molecule is CCC[C@@H]1CN(C(=O)c2[nH]c3ccc(Cl)cc3c2C)C[C@H]1N. The number of likely N-dealkylation sites (tertiary alicyclic amines) is 1. The zero-order chi connectivity index (χ0) is 15.9. The third-order valence-electron chi connectivity index (χ3n) is 4.67. The van der Waals surface area contributed by atoms with E-state index in [0.29, 0.717) is 23.2 Å². The number of aromatic amines is 1. The molecule has 3 N–H and O–H groups in total. The molecule has 0 bridgehead atoms. The number of hydrogen-bond acceptors (Lipinski definition) is 2. The standard InChI is InChI=1S/C17H22ClN3O/c1-3-4-11-8-21(9-14(11)19)17(22)16-10(2)13-7-12(18)5-6-15(13)20-16/h5-7,11,14,20H,3-4,8-9,19H2,1-2H3/t11-,14-/m1/s1. The molecule has 2 aromatic rings. The molecule has 1 aromatic heterocycles. The second-order valence-corrected chi connectivity index (χ2v) is 6.67. The Hall–Kier alpha value is -1.52. The van der Waals surface area contributed by atoms with Crippen LogP contribution >= 0.6 is 11.6 Å². The summed E-state index contributed by atoms with van der Waals surface area (Å²) in [5.41, 5.74) is 8.73. The van der Waals surface area contributed by atoms with Crippen LogP contribution in [-0.2, 0) is 0 Å². The maximum atomic E-state index is 12.8. The van der Waals surface area contributed by atoms with Crippen molar-refractivity contribution in [3.05, 3.63) is 34.5 Å². The number of aromatic nitrogens is 1. The number of carbonyl (C=O) groups is 1. The van der Waals surface area contributed by atoms with Crippen molar-refractivity contribution in [3.63, 3.8) is 0 Å². The molecule has 0 radical (unpaired) electrons. The van der Waals surface area contributed by atoms with E-state index in [1.54, 1.807) is 0 Å². The van der Waals surface area contributed by atoms with E-state index in [4.69, 9.17) is 17.3 Å². The number of fused-ring (bicyclic) bond motifs is 1. The summed E-state index contributed by atoms with van der Waals surface area (Å²) < 4.78 is 0. The number of halogens is 1. The van der Waals surface area contributed by atoms with Gasteiger partial charge in [0.15, 0.2) is 0 Å². The zero-order valence-corrected chi connectivity index (χ0v) is 13.8. The van der Waals surface area contributed by atoms with E-state index in [9.17, 15) is 4.79 Å². The molecule has 1 aliphatic heterocycles. The first-order valence-electron chi connectivity index (χ1n) is 7.84. The number of nitrogens with one attached hydrogen (secondary N) is 1. The molecular weight excluding hydrogens is 298 g/mol. The molecule has 1 fully saturated rings. The Kier molecular flexibility index (Phi) is 4.15. The summed E-state index contributed by atoms with van der Waals surface area (Å²) in [5.74, 6) is 0.451. The van der Waals surface area contributed by atoms with Gasteiger partial charge in [0.1, 0.15) is 5.69 Å². The summed E-state index contributed by atoms with van der Waals surface area (Å²) in [6.45, 7) is 5.51. The summed E-state index contributed by atoms with van der Waals surface area (Å²) in [6.07, 6.45) is 2.18. The fraction of sp³-hybridized carbons (Fsp3) is 0.471. The molecule has 3 rings (SSSR count). The van der Waals surface area contributed by atoms with E-state index in [0.717, 1.165) is 35.9 Å². The highest BCUT2D eigenvalue weighted by Crippen LogP contribution is 2.28. The molecule has 1 amide bonds. The largest absolute Gasteiger partial charge is 0.350 e. The quantitative estimate of drug-likeness (QED) is 0.911. The van der Waals surface area contributed by atoms with Gasteiger partial charge in [-0.3, -0.25) is 4.79 Å². The first kappa shape index (κ1) is 15.4. The maximum absolute atomic E-state index is 12.8. The molecule has 0 saturated carbocycles. The number of H-pyrrole nitrogens is 1. The summed E-state index contributed by atoms with van der Waals surface area (Å²) in [6, 6.07) is 5.73. The van der Waals surface area contributed by atoms with Gasteiger partial charge in [-0.2, -0.15) is 0 Å². The van der Waals surface area contributed by atoms with Crippen LogP contribution in [0.15, 0.2) is 18.2 Å². The van der Waals surface area contributed by atoms with E-state index < -0.39 is 0 Å². The highest BCUT2D eigenvalue weighted by atomic mass is 35.5. The summed E-state index contributed by atoms with van der Waals surface area (Å²) in [4.78, 5) is 17.9. The fourth-order valence-corrected chi connectivity index (χ4v) is 3.58. The van der Waals surface area contributed by atoms with Crippen LogP contribution < -0.4 is 5.73 Å². The molecule has 22 heavy (non-hydrogen) atoms. The van der Waals surface area contributed by atoms with Crippen LogP contribution in [0.5, 0.6) is 0 Å². The van der Waals surface area contributed by atoms with Crippen LogP contribution in [0.4, 0.5) is 0 Å². The second kappa shape index (κ2) is 5.94. The van der Waals surface area contributed by atoms with Crippen LogP contribution in [0.2, 0.25) is 5.02 Å². The van der Waals surface area contributed by atoms with Gasteiger partial charge in [-0.1, -0.05) is 24.9 Å². The minimum atomic E-state index is 0.0406. The van der Waals surface area contributed by atoms with Crippen molar-refractivity contribution in [1.29, 1.82) is 0 Å². The molecule has 0 unspecified atom stereocenters. The monoisotopic (exact) mass is 319 g/mol. The Bertz CT molecular complexity index is 709. The van der Waals surface area contributed by atoms with E-state index in [2.05, 4.69) is 11.9 Å². The van der Waals surface area contributed by atoms with Crippen molar-refractivity contribution < 1.29 is 4.79 Å². The van der Waals surface area contributed by atoms with Crippen molar-refractivity contribution in [2.75, 3.05) is 13.1 Å². The van der Waals surface area contributed by atoms with E-state index in [1.165, 1.54) is 0 Å². The van der Waals surface area contributed by atoms with Gasteiger partial charge in [0.05, 0.1) is 0 Å². The Morgan fingerprint density at radius 1 is 1.45 bits per heavy atom. The molecule has 1 aromatic carbocycles. The summed E-state index contributed by atoms with van der Waals surface area (Å²) >= 11 is 6.05. The van der Waals surface area contributed by atoms with Gasteiger partial charge >= 0.3 is 0 Å². The minimum Gasteiger partial charge on any atom is -0.350 e. The second-order valence-electron chi connectivity index (χ2n) is 6.24. The van der Waals surface area contributed by atoms with Crippen LogP contribution in [0.3, 0.4) is 0 Å².